The molecule has 9 aromatic rings. The van der Waals surface area contributed by atoms with Crippen LogP contribution in [0.25, 0.3) is 27.5 Å². The average Bonchev–Trinajstić information content (AvgIpc) is 3.57. The van der Waals surface area contributed by atoms with Crippen LogP contribution in [0.1, 0.15) is 0 Å². The molecule has 8 aromatic carbocycles. The third kappa shape index (κ3) is 3.88. The lowest BCUT2D eigenvalue weighted by Crippen LogP contribution is -2.58. The average molecular weight is 706 g/mol. The Morgan fingerprint density at radius 2 is 0.855 bits per heavy atom. The Labute approximate surface area is 316 Å². The standard InChI is InChI=1S/C48H28BN3O3/c1-6-18-41-33(12-1)49-34-28-30(51-38-15-4-9-21-44(38)55-45-22-10-5-16-39(45)51)27-32-31-26-29(50-36-13-2-7-19-42(36)54-43-20-8-3-14-37(43)50)24-25-35(31)52(48(32)34)40-17-11-23-46(53-41)47(40)49/h1-28H. The van der Waals surface area contributed by atoms with Gasteiger partial charge in [0.25, 0.3) is 6.71 Å². The summed E-state index contributed by atoms with van der Waals surface area (Å²) in [5.41, 5.74) is 13.2. The predicted octanol–water partition coefficient (Wildman–Crippen LogP) is 10.9. The third-order valence-electron chi connectivity index (χ3n) is 11.6. The van der Waals surface area contributed by atoms with Crippen molar-refractivity contribution in [3.63, 3.8) is 0 Å². The van der Waals surface area contributed by atoms with E-state index in [1.165, 1.54) is 27.3 Å². The summed E-state index contributed by atoms with van der Waals surface area (Å²) >= 11 is 0. The number of nitrogens with zero attached hydrogens (tertiary/aromatic N) is 3. The van der Waals surface area contributed by atoms with Crippen molar-refractivity contribution in [2.24, 2.45) is 0 Å². The van der Waals surface area contributed by atoms with Gasteiger partial charge in [-0.15, -0.1) is 0 Å². The monoisotopic (exact) mass is 705 g/mol. The molecule has 4 aliphatic heterocycles. The molecule has 0 atom stereocenters. The van der Waals surface area contributed by atoms with Gasteiger partial charge in [-0.3, -0.25) is 0 Å². The molecule has 55 heavy (non-hydrogen) atoms. The van der Waals surface area contributed by atoms with Crippen molar-refractivity contribution in [1.82, 2.24) is 4.57 Å². The first kappa shape index (κ1) is 29.1. The Balaban J connectivity index is 1.15. The van der Waals surface area contributed by atoms with Gasteiger partial charge >= 0.3 is 0 Å². The molecule has 6 nitrogen and oxygen atoms in total. The first-order valence-corrected chi connectivity index (χ1v) is 18.6. The highest BCUT2D eigenvalue weighted by Gasteiger charge is 2.41. The van der Waals surface area contributed by atoms with E-state index in [4.69, 9.17) is 14.2 Å². The van der Waals surface area contributed by atoms with Gasteiger partial charge in [0.15, 0.2) is 23.0 Å². The summed E-state index contributed by atoms with van der Waals surface area (Å²) < 4.78 is 22.0. The molecule has 1 aromatic heterocycles. The highest BCUT2D eigenvalue weighted by molar-refractivity contribution is 6.99. The molecule has 0 saturated carbocycles. The van der Waals surface area contributed by atoms with Crippen LogP contribution < -0.4 is 40.4 Å². The molecule has 0 saturated heterocycles. The van der Waals surface area contributed by atoms with Crippen molar-refractivity contribution in [2.75, 3.05) is 9.80 Å². The zero-order chi connectivity index (χ0) is 35.8. The first-order chi connectivity index (χ1) is 27.3. The second-order valence-corrected chi connectivity index (χ2v) is 14.5. The van der Waals surface area contributed by atoms with Crippen LogP contribution >= 0.6 is 0 Å². The Morgan fingerprint density at radius 3 is 1.49 bits per heavy atom. The van der Waals surface area contributed by atoms with Gasteiger partial charge in [0, 0.05) is 33.4 Å². The summed E-state index contributed by atoms with van der Waals surface area (Å²) in [4.78, 5) is 4.68. The number of anilines is 6. The molecular weight excluding hydrogens is 677 g/mol. The lowest BCUT2D eigenvalue weighted by Gasteiger charge is -2.35. The molecule has 7 heteroatoms. The van der Waals surface area contributed by atoms with Crippen LogP contribution in [0.4, 0.5) is 34.1 Å². The minimum absolute atomic E-state index is 0.0283. The number of aromatic nitrogens is 1. The number of rotatable bonds is 2. The minimum atomic E-state index is -0.0283. The molecule has 0 radical (unpaired) electrons. The van der Waals surface area contributed by atoms with Crippen molar-refractivity contribution in [3.8, 4) is 40.2 Å². The van der Waals surface area contributed by atoms with Crippen LogP contribution in [0, 0.1) is 0 Å². The van der Waals surface area contributed by atoms with E-state index < -0.39 is 0 Å². The first-order valence-electron chi connectivity index (χ1n) is 18.6. The highest BCUT2D eigenvalue weighted by Crippen LogP contribution is 2.53. The Bertz CT molecular complexity index is 3040. The fourth-order valence-electron chi connectivity index (χ4n) is 9.37. The molecule has 0 aliphatic carbocycles. The number of hydrogen-bond donors (Lipinski definition) is 0. The largest absolute Gasteiger partial charge is 0.458 e. The number of hydrogen-bond acceptors (Lipinski definition) is 5. The number of fused-ring (bicyclic) bond motifs is 11. The Kier molecular flexibility index (Phi) is 5.62. The minimum Gasteiger partial charge on any atom is -0.458 e. The molecule has 4 aliphatic rings. The SMILES string of the molecule is c1ccc2c(c1)Oc1cccc3c1B2c1cc(N2c4ccccc4Oc4ccccc42)cc2c4cc(N5c6ccccc6Oc6ccccc65)ccc4n-3c12. The van der Waals surface area contributed by atoms with Crippen LogP contribution in [0.3, 0.4) is 0 Å². The van der Waals surface area contributed by atoms with E-state index in [1.54, 1.807) is 0 Å². The summed E-state index contributed by atoms with van der Waals surface area (Å²) in [6, 6.07) is 59.8. The summed E-state index contributed by atoms with van der Waals surface area (Å²) in [6.07, 6.45) is 0. The van der Waals surface area contributed by atoms with Crippen LogP contribution in [0.2, 0.25) is 0 Å². The lowest BCUT2D eigenvalue weighted by molar-refractivity contribution is 0.477. The molecule has 0 N–H and O–H groups in total. The molecule has 13 rings (SSSR count). The highest BCUT2D eigenvalue weighted by atomic mass is 16.5. The maximum absolute atomic E-state index is 6.67. The third-order valence-corrected chi connectivity index (χ3v) is 11.6. The van der Waals surface area contributed by atoms with E-state index >= 15 is 0 Å². The van der Waals surface area contributed by atoms with Crippen molar-refractivity contribution >= 4 is 79.0 Å². The van der Waals surface area contributed by atoms with Crippen molar-refractivity contribution in [2.45, 2.75) is 0 Å². The van der Waals surface area contributed by atoms with Crippen molar-refractivity contribution < 1.29 is 14.2 Å². The van der Waals surface area contributed by atoms with Gasteiger partial charge in [0.1, 0.15) is 11.5 Å². The fourth-order valence-corrected chi connectivity index (χ4v) is 9.37. The Hall–Kier alpha value is -7.38. The summed E-state index contributed by atoms with van der Waals surface area (Å²) in [5, 5.41) is 2.35. The van der Waals surface area contributed by atoms with E-state index in [0.717, 1.165) is 85.2 Å². The summed E-state index contributed by atoms with van der Waals surface area (Å²) in [6.45, 7) is -0.0283. The second kappa shape index (κ2) is 10.6. The van der Waals surface area contributed by atoms with Crippen LogP contribution in [-0.2, 0) is 0 Å². The zero-order valence-electron chi connectivity index (χ0n) is 29.3. The van der Waals surface area contributed by atoms with Crippen LogP contribution in [0.5, 0.6) is 34.5 Å². The van der Waals surface area contributed by atoms with Gasteiger partial charge in [0.2, 0.25) is 0 Å². The van der Waals surface area contributed by atoms with E-state index in [2.05, 4.69) is 136 Å². The van der Waals surface area contributed by atoms with E-state index in [-0.39, 0.29) is 6.71 Å². The van der Waals surface area contributed by atoms with Crippen molar-refractivity contribution in [3.05, 3.63) is 170 Å². The zero-order valence-corrected chi connectivity index (χ0v) is 29.3. The number of para-hydroxylation sites is 9. The summed E-state index contributed by atoms with van der Waals surface area (Å²) in [7, 11) is 0. The lowest BCUT2D eigenvalue weighted by atomic mass is 9.34. The van der Waals surface area contributed by atoms with Gasteiger partial charge < -0.3 is 28.6 Å². The van der Waals surface area contributed by atoms with Crippen LogP contribution in [0.15, 0.2) is 170 Å². The van der Waals surface area contributed by atoms with E-state index in [1.807, 2.05) is 48.5 Å². The van der Waals surface area contributed by atoms with Crippen molar-refractivity contribution in [1.29, 1.82) is 0 Å². The summed E-state index contributed by atoms with van der Waals surface area (Å²) in [5.74, 6) is 5.11. The molecule has 0 unspecified atom stereocenters. The topological polar surface area (TPSA) is 39.1 Å². The van der Waals surface area contributed by atoms with Gasteiger partial charge in [-0.2, -0.15) is 0 Å². The maximum Gasteiger partial charge on any atom is 0.256 e. The molecule has 0 fully saturated rings. The quantitative estimate of drug-likeness (QED) is 0.168. The fraction of sp³-hybridized carbons (Fsp3) is 0. The predicted molar refractivity (Wildman–Crippen MR) is 221 cm³/mol. The number of ether oxygens (including phenoxy) is 3. The molecule has 5 heterocycles. The molecule has 0 spiro atoms. The number of benzene rings is 8. The second-order valence-electron chi connectivity index (χ2n) is 14.5. The Morgan fingerprint density at radius 1 is 0.364 bits per heavy atom. The van der Waals surface area contributed by atoms with E-state index in [9.17, 15) is 0 Å². The maximum atomic E-state index is 6.67. The molecule has 0 amide bonds. The normalized spacial score (nSPS) is 13.8. The van der Waals surface area contributed by atoms with Gasteiger partial charge in [-0.1, -0.05) is 72.8 Å². The molecule has 256 valence electrons. The van der Waals surface area contributed by atoms with Crippen LogP contribution in [-0.4, -0.2) is 11.3 Å². The van der Waals surface area contributed by atoms with Gasteiger partial charge in [-0.05, 0) is 113 Å². The smallest absolute Gasteiger partial charge is 0.256 e. The molecular formula is C48H28BN3O3. The van der Waals surface area contributed by atoms with Gasteiger partial charge in [0.05, 0.1) is 28.3 Å². The van der Waals surface area contributed by atoms with E-state index in [0.29, 0.717) is 0 Å². The molecule has 0 bridgehead atoms. The van der Waals surface area contributed by atoms with Gasteiger partial charge in [-0.25, -0.2) is 0 Å².